The Labute approximate surface area is 68.5 Å². The zero-order valence-electron chi connectivity index (χ0n) is 7.23. The molecular formula is C8H18N2O. The Morgan fingerprint density at radius 2 is 2.55 bits per heavy atom. The first-order valence-electron chi connectivity index (χ1n) is 4.45. The summed E-state index contributed by atoms with van der Waals surface area (Å²) in [5, 5.41) is 6.71. The van der Waals surface area contributed by atoms with E-state index in [4.69, 9.17) is 4.74 Å². The van der Waals surface area contributed by atoms with E-state index in [-0.39, 0.29) is 0 Å². The van der Waals surface area contributed by atoms with Crippen LogP contribution in [-0.4, -0.2) is 38.9 Å². The summed E-state index contributed by atoms with van der Waals surface area (Å²) >= 11 is 0. The first-order chi connectivity index (χ1) is 5.43. The summed E-state index contributed by atoms with van der Waals surface area (Å²) in [5.41, 5.74) is 0. The van der Waals surface area contributed by atoms with Gasteiger partial charge in [0.1, 0.15) is 0 Å². The molecule has 1 aliphatic heterocycles. The second-order valence-corrected chi connectivity index (χ2v) is 2.87. The lowest BCUT2D eigenvalue weighted by Gasteiger charge is -2.23. The van der Waals surface area contributed by atoms with Gasteiger partial charge in [-0.2, -0.15) is 0 Å². The van der Waals surface area contributed by atoms with Gasteiger partial charge in [-0.15, -0.1) is 0 Å². The fourth-order valence-electron chi connectivity index (χ4n) is 1.26. The first kappa shape index (κ1) is 8.97. The maximum Gasteiger partial charge on any atom is 0.0620 e. The molecule has 1 heterocycles. The van der Waals surface area contributed by atoms with Crippen molar-refractivity contribution in [3.63, 3.8) is 0 Å². The number of morpholine rings is 1. The molecule has 0 aromatic carbocycles. The second kappa shape index (κ2) is 5.52. The maximum atomic E-state index is 5.32. The monoisotopic (exact) mass is 158 g/mol. The minimum atomic E-state index is 0.572. The standard InChI is InChI=1S/C8H18N2O/c1-2-9-4-3-8-7-11-6-5-10-8/h8-10H,2-7H2,1H3. The molecule has 3 heteroatoms. The van der Waals surface area contributed by atoms with E-state index in [0.29, 0.717) is 6.04 Å². The van der Waals surface area contributed by atoms with Crippen molar-refractivity contribution in [2.75, 3.05) is 32.8 Å². The number of hydrogen-bond acceptors (Lipinski definition) is 3. The Morgan fingerprint density at radius 1 is 1.64 bits per heavy atom. The Morgan fingerprint density at radius 3 is 3.18 bits per heavy atom. The summed E-state index contributed by atoms with van der Waals surface area (Å²) in [6, 6.07) is 0.572. The second-order valence-electron chi connectivity index (χ2n) is 2.87. The summed E-state index contributed by atoms with van der Waals surface area (Å²) in [4.78, 5) is 0. The van der Waals surface area contributed by atoms with Crippen LogP contribution in [0.25, 0.3) is 0 Å². The fraction of sp³-hybridized carbons (Fsp3) is 1.00. The van der Waals surface area contributed by atoms with Gasteiger partial charge in [0.05, 0.1) is 13.2 Å². The molecule has 0 saturated carbocycles. The molecule has 66 valence electrons. The number of nitrogens with one attached hydrogen (secondary N) is 2. The number of hydrogen-bond donors (Lipinski definition) is 2. The molecule has 3 nitrogen and oxygen atoms in total. The van der Waals surface area contributed by atoms with E-state index in [9.17, 15) is 0 Å². The lowest BCUT2D eigenvalue weighted by molar-refractivity contribution is 0.0743. The average molecular weight is 158 g/mol. The fourth-order valence-corrected chi connectivity index (χ4v) is 1.26. The first-order valence-corrected chi connectivity index (χ1v) is 4.45. The third kappa shape index (κ3) is 3.70. The lowest BCUT2D eigenvalue weighted by atomic mass is 10.2. The molecule has 11 heavy (non-hydrogen) atoms. The van der Waals surface area contributed by atoms with Gasteiger partial charge < -0.3 is 15.4 Å². The van der Waals surface area contributed by atoms with Crippen molar-refractivity contribution in [1.82, 2.24) is 10.6 Å². The molecule has 0 aliphatic carbocycles. The van der Waals surface area contributed by atoms with Crippen LogP contribution in [0.4, 0.5) is 0 Å². The predicted molar refractivity (Wildman–Crippen MR) is 45.8 cm³/mol. The van der Waals surface area contributed by atoms with Crippen LogP contribution in [0, 0.1) is 0 Å². The van der Waals surface area contributed by atoms with Crippen molar-refractivity contribution >= 4 is 0 Å². The molecular weight excluding hydrogens is 140 g/mol. The molecule has 1 aliphatic rings. The van der Waals surface area contributed by atoms with Gasteiger partial charge in [0.2, 0.25) is 0 Å². The molecule has 0 aromatic rings. The number of rotatable bonds is 4. The van der Waals surface area contributed by atoms with Crippen molar-refractivity contribution in [1.29, 1.82) is 0 Å². The van der Waals surface area contributed by atoms with Crippen LogP contribution in [0.15, 0.2) is 0 Å². The van der Waals surface area contributed by atoms with E-state index in [0.717, 1.165) is 32.8 Å². The molecule has 0 bridgehead atoms. The SMILES string of the molecule is CCNCCC1COCCN1. The van der Waals surface area contributed by atoms with E-state index >= 15 is 0 Å². The topological polar surface area (TPSA) is 33.3 Å². The van der Waals surface area contributed by atoms with Gasteiger partial charge in [0.15, 0.2) is 0 Å². The summed E-state index contributed by atoms with van der Waals surface area (Å²) < 4.78 is 5.32. The largest absolute Gasteiger partial charge is 0.379 e. The van der Waals surface area contributed by atoms with Gasteiger partial charge in [0, 0.05) is 12.6 Å². The maximum absolute atomic E-state index is 5.32. The molecule has 2 N–H and O–H groups in total. The Bertz CT molecular complexity index is 92.1. The van der Waals surface area contributed by atoms with E-state index < -0.39 is 0 Å². The quantitative estimate of drug-likeness (QED) is 0.564. The van der Waals surface area contributed by atoms with Crippen LogP contribution in [0.2, 0.25) is 0 Å². The highest BCUT2D eigenvalue weighted by molar-refractivity contribution is 4.70. The van der Waals surface area contributed by atoms with Crippen molar-refractivity contribution < 1.29 is 4.74 Å². The molecule has 1 atom stereocenters. The van der Waals surface area contributed by atoms with Crippen molar-refractivity contribution in [2.24, 2.45) is 0 Å². The normalized spacial score (nSPS) is 25.4. The Balaban J connectivity index is 1.96. The lowest BCUT2D eigenvalue weighted by Crippen LogP contribution is -2.42. The molecule has 0 aromatic heterocycles. The zero-order chi connectivity index (χ0) is 7.94. The van der Waals surface area contributed by atoms with E-state index in [2.05, 4.69) is 17.6 Å². The molecule has 0 spiro atoms. The van der Waals surface area contributed by atoms with E-state index in [1.807, 2.05) is 0 Å². The van der Waals surface area contributed by atoms with Crippen LogP contribution >= 0.6 is 0 Å². The van der Waals surface area contributed by atoms with Gasteiger partial charge in [-0.05, 0) is 19.5 Å². The van der Waals surface area contributed by atoms with Crippen LogP contribution in [0.1, 0.15) is 13.3 Å². The smallest absolute Gasteiger partial charge is 0.0620 e. The third-order valence-corrected chi connectivity index (χ3v) is 1.92. The zero-order valence-corrected chi connectivity index (χ0v) is 7.23. The van der Waals surface area contributed by atoms with E-state index in [1.54, 1.807) is 0 Å². The molecule has 0 radical (unpaired) electrons. The van der Waals surface area contributed by atoms with Crippen molar-refractivity contribution in [2.45, 2.75) is 19.4 Å². The van der Waals surface area contributed by atoms with Gasteiger partial charge in [0.25, 0.3) is 0 Å². The summed E-state index contributed by atoms with van der Waals surface area (Å²) in [5.74, 6) is 0. The van der Waals surface area contributed by atoms with Crippen LogP contribution in [0.5, 0.6) is 0 Å². The third-order valence-electron chi connectivity index (χ3n) is 1.92. The summed E-state index contributed by atoms with van der Waals surface area (Å²) in [6.45, 7) is 7.05. The van der Waals surface area contributed by atoms with Gasteiger partial charge in [-0.3, -0.25) is 0 Å². The summed E-state index contributed by atoms with van der Waals surface area (Å²) in [6.07, 6.45) is 1.17. The molecule has 1 rings (SSSR count). The minimum Gasteiger partial charge on any atom is -0.379 e. The Hall–Kier alpha value is -0.120. The minimum absolute atomic E-state index is 0.572. The van der Waals surface area contributed by atoms with Crippen LogP contribution in [-0.2, 0) is 4.74 Å². The number of ether oxygens (including phenoxy) is 1. The molecule has 1 fully saturated rings. The highest BCUT2D eigenvalue weighted by Crippen LogP contribution is 1.96. The highest BCUT2D eigenvalue weighted by atomic mass is 16.5. The van der Waals surface area contributed by atoms with Crippen LogP contribution in [0.3, 0.4) is 0 Å². The van der Waals surface area contributed by atoms with Gasteiger partial charge >= 0.3 is 0 Å². The predicted octanol–water partition coefficient (Wildman–Crippen LogP) is -0.0256. The van der Waals surface area contributed by atoms with Crippen LogP contribution < -0.4 is 10.6 Å². The van der Waals surface area contributed by atoms with Crippen molar-refractivity contribution in [3.05, 3.63) is 0 Å². The Kier molecular flexibility index (Phi) is 4.50. The van der Waals surface area contributed by atoms with Gasteiger partial charge in [-0.25, -0.2) is 0 Å². The highest BCUT2D eigenvalue weighted by Gasteiger charge is 2.11. The average Bonchev–Trinajstić information content (AvgIpc) is 2.07. The molecule has 1 unspecified atom stereocenters. The molecule has 0 amide bonds. The summed E-state index contributed by atoms with van der Waals surface area (Å²) in [7, 11) is 0. The van der Waals surface area contributed by atoms with Gasteiger partial charge in [-0.1, -0.05) is 6.92 Å². The van der Waals surface area contributed by atoms with Crippen molar-refractivity contribution in [3.8, 4) is 0 Å². The molecule has 1 saturated heterocycles. The van der Waals surface area contributed by atoms with E-state index in [1.165, 1.54) is 6.42 Å².